The Bertz CT molecular complexity index is 907. The van der Waals surface area contributed by atoms with Gasteiger partial charge in [0, 0.05) is 64.5 Å². The van der Waals surface area contributed by atoms with E-state index in [0.717, 1.165) is 64.2 Å². The Morgan fingerprint density at radius 3 is 2.33 bits per heavy atom. The molecule has 2 fully saturated rings. The van der Waals surface area contributed by atoms with Crippen molar-refractivity contribution < 1.29 is 9.59 Å². The van der Waals surface area contributed by atoms with Gasteiger partial charge in [0.05, 0.1) is 5.92 Å². The topological polar surface area (TPSA) is 55.9 Å². The summed E-state index contributed by atoms with van der Waals surface area (Å²) in [5.41, 5.74) is 3.20. The largest absolute Gasteiger partial charge is 0.355 e. The molecule has 0 saturated carbocycles. The minimum atomic E-state index is -0.115. The van der Waals surface area contributed by atoms with Gasteiger partial charge in [-0.2, -0.15) is 0 Å². The summed E-state index contributed by atoms with van der Waals surface area (Å²) >= 11 is 0. The highest BCUT2D eigenvalue weighted by atomic mass is 16.2. The summed E-state index contributed by atoms with van der Waals surface area (Å²) in [6, 6.07) is 18.3. The number of aryl methyl sites for hydroxylation is 1. The molecule has 2 heterocycles. The minimum absolute atomic E-state index is 0.0286. The van der Waals surface area contributed by atoms with E-state index in [4.69, 9.17) is 0 Å². The molecule has 2 aliphatic rings. The maximum atomic E-state index is 12.8. The van der Waals surface area contributed by atoms with Crippen LogP contribution < -0.4 is 5.32 Å². The normalized spacial score (nSPS) is 19.9. The summed E-state index contributed by atoms with van der Waals surface area (Å²) in [5, 5.41) is 3.13. The van der Waals surface area contributed by atoms with E-state index in [2.05, 4.69) is 45.4 Å². The van der Waals surface area contributed by atoms with Crippen LogP contribution in [0.15, 0.2) is 54.6 Å². The number of carbonyl (C=O) groups excluding carboxylic acids is 2. The molecule has 6 heteroatoms. The van der Waals surface area contributed by atoms with Crippen LogP contribution in [0.5, 0.6) is 0 Å². The third kappa shape index (κ3) is 6.65. The molecule has 0 aliphatic carbocycles. The molecule has 2 aromatic rings. The average Bonchev–Trinajstić information content (AvgIpc) is 2.86. The first kappa shape index (κ1) is 23.5. The molecule has 1 N–H and O–H groups in total. The van der Waals surface area contributed by atoms with Crippen LogP contribution in [0.4, 0.5) is 0 Å². The lowest BCUT2D eigenvalue weighted by molar-refractivity contribution is -0.126. The van der Waals surface area contributed by atoms with Gasteiger partial charge in [-0.25, -0.2) is 0 Å². The van der Waals surface area contributed by atoms with Crippen LogP contribution in [0.1, 0.15) is 34.3 Å². The van der Waals surface area contributed by atoms with Crippen LogP contribution in [-0.2, 0) is 11.3 Å². The van der Waals surface area contributed by atoms with Gasteiger partial charge in [-0.1, -0.05) is 48.0 Å². The summed E-state index contributed by atoms with van der Waals surface area (Å²) in [5.74, 6) is -0.00383. The monoisotopic (exact) mass is 448 g/mol. The minimum Gasteiger partial charge on any atom is -0.355 e. The number of benzene rings is 2. The fourth-order valence-electron chi connectivity index (χ4n) is 4.75. The third-order valence-corrected chi connectivity index (χ3v) is 6.82. The highest BCUT2D eigenvalue weighted by Gasteiger charge is 2.29. The highest BCUT2D eigenvalue weighted by Crippen LogP contribution is 2.19. The van der Waals surface area contributed by atoms with E-state index in [-0.39, 0.29) is 17.7 Å². The number of rotatable bonds is 7. The number of nitrogens with one attached hydrogen (secondary N) is 1. The molecule has 33 heavy (non-hydrogen) atoms. The predicted molar refractivity (Wildman–Crippen MR) is 131 cm³/mol. The van der Waals surface area contributed by atoms with Crippen LogP contribution in [0.25, 0.3) is 0 Å². The van der Waals surface area contributed by atoms with Gasteiger partial charge in [0.25, 0.3) is 5.91 Å². The molecule has 1 unspecified atom stereocenters. The van der Waals surface area contributed by atoms with E-state index >= 15 is 0 Å². The quantitative estimate of drug-likeness (QED) is 0.708. The van der Waals surface area contributed by atoms with Crippen molar-refractivity contribution in [3.63, 3.8) is 0 Å². The van der Waals surface area contributed by atoms with Crippen LogP contribution in [-0.4, -0.2) is 78.9 Å². The molecule has 2 saturated heterocycles. The molecule has 2 aliphatic heterocycles. The molecule has 1 atom stereocenters. The second-order valence-corrected chi connectivity index (χ2v) is 9.35. The van der Waals surface area contributed by atoms with Gasteiger partial charge in [-0.05, 0) is 37.5 Å². The van der Waals surface area contributed by atoms with Gasteiger partial charge < -0.3 is 10.2 Å². The Balaban J connectivity index is 1.16. The zero-order valence-corrected chi connectivity index (χ0v) is 19.7. The number of piperidine rings is 1. The van der Waals surface area contributed by atoms with E-state index in [9.17, 15) is 9.59 Å². The number of piperazine rings is 1. The SMILES string of the molecule is Cc1ccc(C(=O)N2CCCC(C(=O)NCCN3CCN(Cc4ccccc4)CC3)C2)cc1. The highest BCUT2D eigenvalue weighted by molar-refractivity contribution is 5.94. The van der Waals surface area contributed by atoms with Crippen molar-refractivity contribution in [3.05, 3.63) is 71.3 Å². The Morgan fingerprint density at radius 2 is 1.61 bits per heavy atom. The van der Waals surface area contributed by atoms with Crippen molar-refractivity contribution in [3.8, 4) is 0 Å². The second kappa shape index (κ2) is 11.4. The molecule has 0 radical (unpaired) electrons. The third-order valence-electron chi connectivity index (χ3n) is 6.82. The van der Waals surface area contributed by atoms with Crippen molar-refractivity contribution >= 4 is 11.8 Å². The molecule has 4 rings (SSSR count). The number of likely N-dealkylation sites (tertiary alicyclic amines) is 1. The Hall–Kier alpha value is -2.70. The van der Waals surface area contributed by atoms with Crippen LogP contribution in [0, 0.1) is 12.8 Å². The Labute approximate surface area is 197 Å². The Morgan fingerprint density at radius 1 is 0.909 bits per heavy atom. The molecule has 0 aromatic heterocycles. The fraction of sp³-hybridized carbons (Fsp3) is 0.481. The first-order chi connectivity index (χ1) is 16.1. The number of carbonyl (C=O) groups is 2. The maximum absolute atomic E-state index is 12.8. The zero-order valence-electron chi connectivity index (χ0n) is 19.7. The van der Waals surface area contributed by atoms with E-state index in [1.807, 2.05) is 36.1 Å². The number of hydrogen-bond donors (Lipinski definition) is 1. The summed E-state index contributed by atoms with van der Waals surface area (Å²) < 4.78 is 0. The van der Waals surface area contributed by atoms with Crippen molar-refractivity contribution in [2.45, 2.75) is 26.3 Å². The fourth-order valence-corrected chi connectivity index (χ4v) is 4.75. The van der Waals surface area contributed by atoms with Crippen molar-refractivity contribution in [2.24, 2.45) is 5.92 Å². The molecule has 6 nitrogen and oxygen atoms in total. The van der Waals surface area contributed by atoms with E-state index in [1.165, 1.54) is 5.56 Å². The number of amides is 2. The molecule has 0 bridgehead atoms. The standard InChI is InChI=1S/C27H36N4O2/c1-22-9-11-24(12-10-22)27(33)31-14-5-8-25(21-31)26(32)28-13-15-29-16-18-30(19-17-29)20-23-6-3-2-4-7-23/h2-4,6-7,9-12,25H,5,8,13-21H2,1H3,(H,28,32). The van der Waals surface area contributed by atoms with Gasteiger partial charge in [0.15, 0.2) is 0 Å². The van der Waals surface area contributed by atoms with Crippen molar-refractivity contribution in [1.82, 2.24) is 20.0 Å². The molecular formula is C27H36N4O2. The van der Waals surface area contributed by atoms with Gasteiger partial charge in [-0.15, -0.1) is 0 Å². The Kier molecular flexibility index (Phi) is 8.13. The molecular weight excluding hydrogens is 412 g/mol. The first-order valence-electron chi connectivity index (χ1n) is 12.2. The van der Waals surface area contributed by atoms with Crippen LogP contribution in [0.3, 0.4) is 0 Å². The molecule has 176 valence electrons. The lowest BCUT2D eigenvalue weighted by Gasteiger charge is -2.35. The van der Waals surface area contributed by atoms with Crippen LogP contribution >= 0.6 is 0 Å². The van der Waals surface area contributed by atoms with Gasteiger partial charge >= 0.3 is 0 Å². The van der Waals surface area contributed by atoms with E-state index < -0.39 is 0 Å². The molecule has 0 spiro atoms. The van der Waals surface area contributed by atoms with Crippen molar-refractivity contribution in [1.29, 1.82) is 0 Å². The lowest BCUT2D eigenvalue weighted by atomic mass is 9.96. The molecule has 2 aromatic carbocycles. The van der Waals surface area contributed by atoms with Crippen molar-refractivity contribution in [2.75, 3.05) is 52.4 Å². The molecule has 2 amide bonds. The summed E-state index contributed by atoms with van der Waals surface area (Å²) in [6.07, 6.45) is 1.72. The predicted octanol–water partition coefficient (Wildman–Crippen LogP) is 2.78. The number of nitrogens with zero attached hydrogens (tertiary/aromatic N) is 3. The summed E-state index contributed by atoms with van der Waals surface area (Å²) in [6.45, 7) is 9.98. The number of hydrogen-bond acceptors (Lipinski definition) is 4. The smallest absolute Gasteiger partial charge is 0.253 e. The summed E-state index contributed by atoms with van der Waals surface area (Å²) in [4.78, 5) is 32.3. The van der Waals surface area contributed by atoms with E-state index in [1.54, 1.807) is 0 Å². The van der Waals surface area contributed by atoms with Gasteiger partial charge in [0.2, 0.25) is 5.91 Å². The average molecular weight is 449 g/mol. The van der Waals surface area contributed by atoms with Gasteiger partial charge in [-0.3, -0.25) is 19.4 Å². The zero-order chi connectivity index (χ0) is 23.0. The van der Waals surface area contributed by atoms with Crippen LogP contribution in [0.2, 0.25) is 0 Å². The van der Waals surface area contributed by atoms with Gasteiger partial charge in [0.1, 0.15) is 0 Å². The second-order valence-electron chi connectivity index (χ2n) is 9.35. The van der Waals surface area contributed by atoms with E-state index in [0.29, 0.717) is 18.7 Å². The first-order valence-corrected chi connectivity index (χ1v) is 12.2. The maximum Gasteiger partial charge on any atom is 0.253 e. The summed E-state index contributed by atoms with van der Waals surface area (Å²) in [7, 11) is 0. The lowest BCUT2D eigenvalue weighted by Crippen LogP contribution is -2.49.